The van der Waals surface area contributed by atoms with Crippen LogP contribution in [0, 0.1) is 5.82 Å². The zero-order valence-electron chi connectivity index (χ0n) is 19.3. The summed E-state index contributed by atoms with van der Waals surface area (Å²) in [5, 5.41) is 11.1. The maximum Gasteiger partial charge on any atom is 0.272 e. The molecule has 8 heteroatoms. The number of rotatable bonds is 7. The van der Waals surface area contributed by atoms with Gasteiger partial charge in [-0.3, -0.25) is 14.4 Å². The molecule has 1 saturated heterocycles. The first-order chi connectivity index (χ1) is 15.3. The van der Waals surface area contributed by atoms with Crippen molar-refractivity contribution in [1.29, 1.82) is 0 Å². The molecule has 7 nitrogen and oxygen atoms in total. The Morgan fingerprint density at radius 1 is 1.28 bits per heavy atom. The lowest BCUT2D eigenvalue weighted by molar-refractivity contribution is -0.0104. The number of ether oxygens (including phenoxy) is 1. The van der Waals surface area contributed by atoms with E-state index in [0.29, 0.717) is 17.3 Å². The minimum Gasteiger partial charge on any atom is -0.379 e. The third-order valence-corrected chi connectivity index (χ3v) is 6.76. The Morgan fingerprint density at radius 3 is 2.78 bits per heavy atom. The highest BCUT2D eigenvalue weighted by atomic mass is 19.1. The second kappa shape index (κ2) is 9.68. The summed E-state index contributed by atoms with van der Waals surface area (Å²) in [6.45, 7) is 9.05. The molecule has 0 bridgehead atoms. The number of aryl methyl sites for hydroxylation is 1. The average Bonchev–Trinajstić information content (AvgIpc) is 3.13. The highest BCUT2D eigenvalue weighted by molar-refractivity contribution is 5.94. The zero-order valence-corrected chi connectivity index (χ0v) is 19.3. The smallest absolute Gasteiger partial charge is 0.272 e. The summed E-state index contributed by atoms with van der Waals surface area (Å²) < 4.78 is 21.2. The molecule has 1 unspecified atom stereocenters. The molecule has 0 radical (unpaired) electrons. The van der Waals surface area contributed by atoms with E-state index in [1.807, 2.05) is 11.7 Å². The maximum absolute atomic E-state index is 13.9. The van der Waals surface area contributed by atoms with Crippen LogP contribution in [0.5, 0.6) is 0 Å². The Hall–Kier alpha value is -2.29. The molecule has 2 N–H and O–H groups in total. The van der Waals surface area contributed by atoms with Crippen LogP contribution in [-0.2, 0) is 31.2 Å². The van der Waals surface area contributed by atoms with Gasteiger partial charge in [-0.05, 0) is 39.2 Å². The minimum atomic E-state index is -0.317. The van der Waals surface area contributed by atoms with Crippen molar-refractivity contribution in [2.75, 3.05) is 32.8 Å². The first-order valence-electron chi connectivity index (χ1n) is 11.5. The number of fused-ring (bicyclic) bond motifs is 1. The summed E-state index contributed by atoms with van der Waals surface area (Å²) in [4.78, 5) is 15.4. The lowest BCUT2D eigenvalue weighted by Crippen LogP contribution is -2.56. The van der Waals surface area contributed by atoms with E-state index in [4.69, 9.17) is 4.74 Å². The fourth-order valence-electron chi connectivity index (χ4n) is 4.72. The number of nitrogens with one attached hydrogen (secondary N) is 2. The number of aromatic nitrogens is 2. The molecular weight excluding hydrogens is 409 g/mol. The van der Waals surface area contributed by atoms with E-state index in [2.05, 4.69) is 34.5 Å². The molecule has 1 aromatic heterocycles. The third-order valence-electron chi connectivity index (χ3n) is 6.76. The van der Waals surface area contributed by atoms with Crippen molar-refractivity contribution in [3.05, 3.63) is 52.6 Å². The highest BCUT2D eigenvalue weighted by Gasteiger charge is 2.32. The second-order valence-corrected chi connectivity index (χ2v) is 9.40. The van der Waals surface area contributed by atoms with Crippen molar-refractivity contribution in [3.8, 4) is 0 Å². The average molecular weight is 444 g/mol. The van der Waals surface area contributed by atoms with Gasteiger partial charge in [0.1, 0.15) is 5.82 Å². The van der Waals surface area contributed by atoms with Gasteiger partial charge in [0.05, 0.1) is 13.2 Å². The van der Waals surface area contributed by atoms with Crippen LogP contribution in [0.25, 0.3) is 0 Å². The van der Waals surface area contributed by atoms with Gasteiger partial charge in [0.15, 0.2) is 5.69 Å². The summed E-state index contributed by atoms with van der Waals surface area (Å²) in [6.07, 6.45) is 2.67. The van der Waals surface area contributed by atoms with E-state index < -0.39 is 0 Å². The van der Waals surface area contributed by atoms with Crippen LogP contribution in [0.4, 0.5) is 4.39 Å². The third kappa shape index (κ3) is 5.03. The molecule has 32 heavy (non-hydrogen) atoms. The lowest BCUT2D eigenvalue weighted by atomic mass is 9.90. The van der Waals surface area contributed by atoms with Gasteiger partial charge in [-0.15, -0.1) is 0 Å². The first-order valence-corrected chi connectivity index (χ1v) is 11.5. The van der Waals surface area contributed by atoms with Gasteiger partial charge in [0, 0.05) is 61.6 Å². The van der Waals surface area contributed by atoms with Crippen LogP contribution in [-0.4, -0.2) is 65.0 Å². The van der Waals surface area contributed by atoms with E-state index in [1.165, 1.54) is 6.07 Å². The SMILES string of the molecule is Cn1nc(C(=O)NCc2ccccc2F)c2c1CCC(NCC(C)(C)N1CCOCC1)C2. The summed E-state index contributed by atoms with van der Waals surface area (Å²) in [5.74, 6) is -0.567. The molecule has 0 saturated carbocycles. The Bertz CT molecular complexity index is 952. The summed E-state index contributed by atoms with van der Waals surface area (Å²) in [6, 6.07) is 6.79. The fraction of sp³-hybridized carbons (Fsp3) is 0.583. The second-order valence-electron chi connectivity index (χ2n) is 9.40. The van der Waals surface area contributed by atoms with Crippen molar-refractivity contribution in [2.45, 2.75) is 51.2 Å². The fourth-order valence-corrected chi connectivity index (χ4v) is 4.72. The highest BCUT2D eigenvalue weighted by Crippen LogP contribution is 2.25. The summed E-state index contributed by atoms with van der Waals surface area (Å²) >= 11 is 0. The van der Waals surface area contributed by atoms with E-state index in [1.54, 1.807) is 18.2 Å². The number of nitrogens with zero attached hydrogens (tertiary/aromatic N) is 3. The van der Waals surface area contributed by atoms with Gasteiger partial charge in [-0.25, -0.2) is 4.39 Å². The summed E-state index contributed by atoms with van der Waals surface area (Å²) in [7, 11) is 1.89. The number of benzene rings is 1. The molecular formula is C24H34FN5O2. The Morgan fingerprint density at radius 2 is 2.03 bits per heavy atom. The topological polar surface area (TPSA) is 71.4 Å². The number of halogens is 1. The molecule has 1 aliphatic carbocycles. The molecule has 1 aromatic carbocycles. The van der Waals surface area contributed by atoms with E-state index in [0.717, 1.165) is 63.4 Å². The van der Waals surface area contributed by atoms with Crippen LogP contribution in [0.15, 0.2) is 24.3 Å². The maximum atomic E-state index is 13.9. The summed E-state index contributed by atoms with van der Waals surface area (Å²) in [5.41, 5.74) is 3.09. The van der Waals surface area contributed by atoms with Crippen molar-refractivity contribution < 1.29 is 13.9 Å². The van der Waals surface area contributed by atoms with Crippen molar-refractivity contribution in [3.63, 3.8) is 0 Å². The van der Waals surface area contributed by atoms with Crippen LogP contribution in [0.3, 0.4) is 0 Å². The van der Waals surface area contributed by atoms with Gasteiger partial charge in [-0.1, -0.05) is 18.2 Å². The monoisotopic (exact) mass is 443 g/mol. The molecule has 4 rings (SSSR count). The van der Waals surface area contributed by atoms with Gasteiger partial charge in [0.2, 0.25) is 0 Å². The molecule has 2 heterocycles. The molecule has 1 aliphatic heterocycles. The number of morpholine rings is 1. The van der Waals surface area contributed by atoms with Gasteiger partial charge in [-0.2, -0.15) is 5.10 Å². The predicted octanol–water partition coefficient (Wildman–Crippen LogP) is 2.05. The Kier molecular flexibility index (Phi) is 6.93. The minimum absolute atomic E-state index is 0.0406. The van der Waals surface area contributed by atoms with Gasteiger partial charge < -0.3 is 15.4 Å². The van der Waals surface area contributed by atoms with E-state index in [9.17, 15) is 9.18 Å². The molecule has 2 aliphatic rings. The number of amides is 1. The Balaban J connectivity index is 1.39. The molecule has 2 aromatic rings. The van der Waals surface area contributed by atoms with Crippen LogP contribution in [0.1, 0.15) is 47.6 Å². The van der Waals surface area contributed by atoms with Crippen LogP contribution in [0.2, 0.25) is 0 Å². The van der Waals surface area contributed by atoms with Gasteiger partial charge >= 0.3 is 0 Å². The molecule has 0 spiro atoms. The van der Waals surface area contributed by atoms with Crippen molar-refractivity contribution >= 4 is 5.91 Å². The van der Waals surface area contributed by atoms with Crippen LogP contribution < -0.4 is 10.6 Å². The number of carbonyl (C=O) groups excluding carboxylic acids is 1. The quantitative estimate of drug-likeness (QED) is 0.685. The van der Waals surface area contributed by atoms with E-state index >= 15 is 0 Å². The van der Waals surface area contributed by atoms with Crippen molar-refractivity contribution in [1.82, 2.24) is 25.3 Å². The normalized spacial score (nSPS) is 19.6. The Labute approximate surface area is 189 Å². The zero-order chi connectivity index (χ0) is 22.7. The standard InChI is InChI=1S/C24H34FN5O2/c1-24(2,30-10-12-32-13-11-30)16-27-18-8-9-21-19(14-18)22(28-29(21)3)23(31)26-15-17-6-4-5-7-20(17)25/h4-7,18,27H,8-16H2,1-3H3,(H,26,31). The predicted molar refractivity (Wildman–Crippen MR) is 121 cm³/mol. The number of hydrogen-bond donors (Lipinski definition) is 2. The van der Waals surface area contributed by atoms with E-state index in [-0.39, 0.29) is 23.8 Å². The van der Waals surface area contributed by atoms with Crippen molar-refractivity contribution in [2.24, 2.45) is 7.05 Å². The van der Waals surface area contributed by atoms with Gasteiger partial charge in [0.25, 0.3) is 5.91 Å². The largest absolute Gasteiger partial charge is 0.379 e. The molecule has 1 fully saturated rings. The first kappa shape index (κ1) is 22.9. The molecule has 1 amide bonds. The van der Waals surface area contributed by atoms with Crippen LogP contribution >= 0.6 is 0 Å². The lowest BCUT2D eigenvalue weighted by Gasteiger charge is -2.42. The molecule has 1 atom stereocenters. The molecule has 174 valence electrons. The number of hydrogen-bond acceptors (Lipinski definition) is 5. The number of carbonyl (C=O) groups is 1.